The number of halogens is 1. The third-order valence-corrected chi connectivity index (χ3v) is 3.54. The van der Waals surface area contributed by atoms with Crippen LogP contribution in [-0.4, -0.2) is 43.0 Å². The smallest absolute Gasteiger partial charge is 0.140 e. The highest BCUT2D eigenvalue weighted by Crippen LogP contribution is 2.17. The maximum absolute atomic E-state index is 13.2. The molecule has 0 aliphatic carbocycles. The maximum Gasteiger partial charge on any atom is 0.140 e. The van der Waals surface area contributed by atoms with Crippen molar-refractivity contribution in [1.82, 2.24) is 9.80 Å². The molecule has 3 nitrogen and oxygen atoms in total. The van der Waals surface area contributed by atoms with Crippen molar-refractivity contribution in [2.75, 3.05) is 27.2 Å². The number of benzene rings is 1. The molecule has 0 radical (unpaired) electrons. The molecule has 0 bridgehead atoms. The molecule has 1 unspecified atom stereocenters. The largest absolute Gasteiger partial charge is 0.305 e. The van der Waals surface area contributed by atoms with E-state index >= 15 is 0 Å². The van der Waals surface area contributed by atoms with Crippen molar-refractivity contribution < 1.29 is 4.39 Å². The SMILES string of the molecule is CN(C)C1CCN(Cc2ccc(F)c(C#N)c2)C1. The molecule has 1 aliphatic heterocycles. The van der Waals surface area contributed by atoms with Gasteiger partial charge in [-0.1, -0.05) is 6.07 Å². The lowest BCUT2D eigenvalue weighted by atomic mass is 10.1. The lowest BCUT2D eigenvalue weighted by Gasteiger charge is -2.20. The predicted octanol–water partition coefficient (Wildman–Crippen LogP) is 1.83. The van der Waals surface area contributed by atoms with Crippen molar-refractivity contribution in [3.8, 4) is 6.07 Å². The van der Waals surface area contributed by atoms with Gasteiger partial charge in [-0.05, 0) is 38.2 Å². The molecule has 1 aromatic carbocycles. The highest BCUT2D eigenvalue weighted by Gasteiger charge is 2.23. The molecule has 1 saturated heterocycles. The Labute approximate surface area is 107 Å². The van der Waals surface area contributed by atoms with Gasteiger partial charge in [-0.3, -0.25) is 4.90 Å². The molecule has 1 atom stereocenters. The Morgan fingerprint density at radius 2 is 2.28 bits per heavy atom. The molecular weight excluding hydrogens is 229 g/mol. The summed E-state index contributed by atoms with van der Waals surface area (Å²) in [6, 6.07) is 7.28. The highest BCUT2D eigenvalue weighted by molar-refractivity contribution is 5.34. The normalized spacial score (nSPS) is 20.3. The monoisotopic (exact) mass is 247 g/mol. The standard InChI is InChI=1S/C14H18FN3/c1-17(2)13-5-6-18(10-13)9-11-3-4-14(15)12(7-11)8-16/h3-4,7,13H,5-6,9-10H2,1-2H3. The average molecular weight is 247 g/mol. The second kappa shape index (κ2) is 5.47. The van der Waals surface area contributed by atoms with Crippen molar-refractivity contribution >= 4 is 0 Å². The van der Waals surface area contributed by atoms with Gasteiger partial charge in [0.05, 0.1) is 5.56 Å². The third kappa shape index (κ3) is 2.87. The minimum atomic E-state index is -0.436. The lowest BCUT2D eigenvalue weighted by molar-refractivity contribution is 0.264. The zero-order valence-electron chi connectivity index (χ0n) is 10.9. The van der Waals surface area contributed by atoms with Crippen molar-refractivity contribution in [1.29, 1.82) is 5.26 Å². The van der Waals surface area contributed by atoms with E-state index in [1.807, 2.05) is 6.07 Å². The summed E-state index contributed by atoms with van der Waals surface area (Å²) in [5, 5.41) is 8.81. The first kappa shape index (κ1) is 13.0. The Kier molecular flexibility index (Phi) is 3.95. The minimum absolute atomic E-state index is 0.135. The highest BCUT2D eigenvalue weighted by atomic mass is 19.1. The molecule has 4 heteroatoms. The van der Waals surface area contributed by atoms with E-state index in [2.05, 4.69) is 23.9 Å². The van der Waals surface area contributed by atoms with Gasteiger partial charge in [-0.25, -0.2) is 4.39 Å². The van der Waals surface area contributed by atoms with Crippen LogP contribution in [0.5, 0.6) is 0 Å². The lowest BCUT2D eigenvalue weighted by Crippen LogP contribution is -2.31. The number of likely N-dealkylation sites (tertiary alicyclic amines) is 1. The molecule has 0 aromatic heterocycles. The van der Waals surface area contributed by atoms with Crippen LogP contribution in [0.25, 0.3) is 0 Å². The van der Waals surface area contributed by atoms with Crippen LogP contribution in [0.1, 0.15) is 17.5 Å². The van der Waals surface area contributed by atoms with Gasteiger partial charge in [-0.2, -0.15) is 5.26 Å². The Balaban J connectivity index is 2.01. The van der Waals surface area contributed by atoms with Crippen molar-refractivity contribution in [3.05, 3.63) is 35.1 Å². The van der Waals surface area contributed by atoms with Crippen LogP contribution in [0.3, 0.4) is 0 Å². The van der Waals surface area contributed by atoms with E-state index in [-0.39, 0.29) is 5.56 Å². The van der Waals surface area contributed by atoms with Gasteiger partial charge in [0.1, 0.15) is 11.9 Å². The van der Waals surface area contributed by atoms with E-state index in [0.717, 1.165) is 25.2 Å². The van der Waals surface area contributed by atoms with Gasteiger partial charge < -0.3 is 4.90 Å². The number of rotatable bonds is 3. The summed E-state index contributed by atoms with van der Waals surface area (Å²) in [6.07, 6.45) is 1.17. The van der Waals surface area contributed by atoms with Crippen molar-refractivity contribution in [2.24, 2.45) is 0 Å². The molecule has 0 N–H and O–H groups in total. The van der Waals surface area contributed by atoms with Crippen molar-refractivity contribution in [3.63, 3.8) is 0 Å². The molecule has 0 saturated carbocycles. The quantitative estimate of drug-likeness (QED) is 0.816. The number of hydrogen-bond donors (Lipinski definition) is 0. The molecule has 0 spiro atoms. The summed E-state index contributed by atoms with van der Waals surface area (Å²) >= 11 is 0. The molecule has 2 rings (SSSR count). The molecule has 96 valence electrons. The Morgan fingerprint density at radius 3 is 2.89 bits per heavy atom. The molecule has 18 heavy (non-hydrogen) atoms. The molecule has 1 aromatic rings. The van der Waals surface area contributed by atoms with Crippen LogP contribution in [0.2, 0.25) is 0 Å². The Morgan fingerprint density at radius 1 is 1.50 bits per heavy atom. The van der Waals surface area contributed by atoms with Gasteiger partial charge in [0.2, 0.25) is 0 Å². The van der Waals surface area contributed by atoms with Crippen LogP contribution in [0.15, 0.2) is 18.2 Å². The summed E-state index contributed by atoms with van der Waals surface area (Å²) in [5.41, 5.74) is 1.14. The van der Waals surface area contributed by atoms with Crippen LogP contribution >= 0.6 is 0 Å². The fraction of sp³-hybridized carbons (Fsp3) is 0.500. The number of likely N-dealkylation sites (N-methyl/N-ethyl adjacent to an activating group) is 1. The molecule has 0 amide bonds. The molecular formula is C14H18FN3. The van der Waals surface area contributed by atoms with Gasteiger partial charge in [-0.15, -0.1) is 0 Å². The van der Waals surface area contributed by atoms with Gasteiger partial charge in [0.15, 0.2) is 0 Å². The Hall–Kier alpha value is -1.44. The first-order valence-electron chi connectivity index (χ1n) is 6.17. The van der Waals surface area contributed by atoms with E-state index < -0.39 is 5.82 Å². The minimum Gasteiger partial charge on any atom is -0.305 e. The fourth-order valence-corrected chi connectivity index (χ4v) is 2.39. The van der Waals surface area contributed by atoms with E-state index in [1.165, 1.54) is 12.5 Å². The molecule has 1 heterocycles. The van der Waals surface area contributed by atoms with Gasteiger partial charge >= 0.3 is 0 Å². The third-order valence-electron chi connectivity index (χ3n) is 3.54. The Bertz CT molecular complexity index is 465. The second-order valence-electron chi connectivity index (χ2n) is 5.07. The fourth-order valence-electron chi connectivity index (χ4n) is 2.39. The summed E-state index contributed by atoms with van der Waals surface area (Å²) in [6.45, 7) is 2.88. The van der Waals surface area contributed by atoms with Crippen LogP contribution < -0.4 is 0 Å². The van der Waals surface area contributed by atoms with Crippen LogP contribution in [0.4, 0.5) is 4.39 Å². The van der Waals surface area contributed by atoms with Gasteiger partial charge in [0, 0.05) is 25.7 Å². The van der Waals surface area contributed by atoms with Crippen molar-refractivity contribution in [2.45, 2.75) is 19.0 Å². The predicted molar refractivity (Wildman–Crippen MR) is 68.5 cm³/mol. The summed E-state index contributed by atoms with van der Waals surface area (Å²) in [5.74, 6) is -0.436. The first-order chi connectivity index (χ1) is 8.60. The van der Waals surface area contributed by atoms with E-state index in [9.17, 15) is 4.39 Å². The number of hydrogen-bond acceptors (Lipinski definition) is 3. The number of nitrogens with zero attached hydrogens (tertiary/aromatic N) is 3. The van der Waals surface area contributed by atoms with Crippen LogP contribution in [-0.2, 0) is 6.54 Å². The molecule has 1 aliphatic rings. The van der Waals surface area contributed by atoms with E-state index in [1.54, 1.807) is 12.1 Å². The van der Waals surface area contributed by atoms with Gasteiger partial charge in [0.25, 0.3) is 0 Å². The zero-order valence-corrected chi connectivity index (χ0v) is 10.9. The summed E-state index contributed by atoms with van der Waals surface area (Å²) < 4.78 is 13.2. The maximum atomic E-state index is 13.2. The van der Waals surface area contributed by atoms with E-state index in [0.29, 0.717) is 6.04 Å². The van der Waals surface area contributed by atoms with E-state index in [4.69, 9.17) is 5.26 Å². The molecule has 1 fully saturated rings. The second-order valence-corrected chi connectivity index (χ2v) is 5.07. The zero-order chi connectivity index (χ0) is 13.1. The average Bonchev–Trinajstić information content (AvgIpc) is 2.80. The van der Waals surface area contributed by atoms with Crippen LogP contribution in [0, 0.1) is 17.1 Å². The number of nitriles is 1. The summed E-state index contributed by atoms with van der Waals surface area (Å²) in [7, 11) is 4.19. The summed E-state index contributed by atoms with van der Waals surface area (Å²) in [4.78, 5) is 4.59. The topological polar surface area (TPSA) is 30.3 Å². The first-order valence-corrected chi connectivity index (χ1v) is 6.17.